The van der Waals surface area contributed by atoms with Gasteiger partial charge < -0.3 is 10.6 Å². The van der Waals surface area contributed by atoms with E-state index in [9.17, 15) is 9.59 Å². The van der Waals surface area contributed by atoms with Crippen molar-refractivity contribution in [2.75, 3.05) is 10.6 Å². The predicted molar refractivity (Wildman–Crippen MR) is 129 cm³/mol. The number of anilines is 2. The van der Waals surface area contributed by atoms with Gasteiger partial charge in [0.2, 0.25) is 0 Å². The van der Waals surface area contributed by atoms with Gasteiger partial charge in [0.25, 0.3) is 11.8 Å². The van der Waals surface area contributed by atoms with Crippen LogP contribution in [0.4, 0.5) is 11.4 Å². The highest BCUT2D eigenvalue weighted by atomic mass is 16.2. The van der Waals surface area contributed by atoms with E-state index < -0.39 is 0 Å². The van der Waals surface area contributed by atoms with Crippen LogP contribution in [0.3, 0.4) is 0 Å². The quantitative estimate of drug-likeness (QED) is 0.478. The molecule has 2 N–H and O–H groups in total. The second-order valence-corrected chi connectivity index (χ2v) is 5.19. The zero-order valence-corrected chi connectivity index (χ0v) is 18.9. The summed E-state index contributed by atoms with van der Waals surface area (Å²) >= 11 is 0. The number of carbonyl (C=O) groups excluding carboxylic acids is 2. The summed E-state index contributed by atoms with van der Waals surface area (Å²) in [6, 6.07) is 25.0. The average Bonchev–Trinajstić information content (AvgIpc) is 2.84. The lowest BCUT2D eigenvalue weighted by molar-refractivity contribution is 0.102. The van der Waals surface area contributed by atoms with Crippen molar-refractivity contribution in [3.8, 4) is 0 Å². The van der Waals surface area contributed by atoms with Crippen LogP contribution in [0.5, 0.6) is 0 Å². The largest absolute Gasteiger partial charge is 0.322 e. The third kappa shape index (κ3) is 8.74. The Balaban J connectivity index is 0.00000129. The van der Waals surface area contributed by atoms with Gasteiger partial charge >= 0.3 is 0 Å². The average molecular weight is 407 g/mol. The zero-order valence-electron chi connectivity index (χ0n) is 18.9. The highest BCUT2D eigenvalue weighted by Crippen LogP contribution is 2.18. The van der Waals surface area contributed by atoms with E-state index in [0.29, 0.717) is 22.5 Å². The van der Waals surface area contributed by atoms with Crippen molar-refractivity contribution in [1.29, 1.82) is 0 Å². The normalized spacial score (nSPS) is 8.60. The molecule has 0 aliphatic rings. The number of benzene rings is 3. The van der Waals surface area contributed by atoms with Crippen LogP contribution < -0.4 is 10.6 Å². The Bertz CT molecular complexity index is 847. The third-order valence-electron chi connectivity index (χ3n) is 3.49. The summed E-state index contributed by atoms with van der Waals surface area (Å²) in [5.74, 6) is -0.527. The molecule has 0 bridgehead atoms. The van der Waals surface area contributed by atoms with E-state index in [0.717, 1.165) is 0 Å². The molecule has 0 fully saturated rings. The number of carbonyl (C=O) groups is 2. The highest BCUT2D eigenvalue weighted by molar-refractivity contribution is 6.12. The molecule has 160 valence electrons. The van der Waals surface area contributed by atoms with Gasteiger partial charge in [-0.15, -0.1) is 0 Å². The van der Waals surface area contributed by atoms with Crippen molar-refractivity contribution in [3.05, 3.63) is 96.1 Å². The van der Waals surface area contributed by atoms with E-state index in [1.54, 1.807) is 48.5 Å². The number of nitrogens with one attached hydrogen (secondary N) is 2. The molecule has 0 aromatic heterocycles. The molecule has 4 nitrogen and oxygen atoms in total. The van der Waals surface area contributed by atoms with Gasteiger partial charge in [-0.1, -0.05) is 90.1 Å². The summed E-state index contributed by atoms with van der Waals surface area (Å²) < 4.78 is 0. The number of rotatable bonds is 4. The molecule has 0 aliphatic carbocycles. The van der Waals surface area contributed by atoms with Crippen molar-refractivity contribution < 1.29 is 9.59 Å². The Morgan fingerprint density at radius 1 is 0.533 bits per heavy atom. The number of hydrogen-bond donors (Lipinski definition) is 2. The second kappa shape index (κ2) is 16.5. The Kier molecular flexibility index (Phi) is 14.7. The second-order valence-electron chi connectivity index (χ2n) is 5.19. The fraction of sp³-hybridized carbons (Fsp3) is 0.231. The lowest BCUT2D eigenvalue weighted by Gasteiger charge is -2.11. The first-order valence-electron chi connectivity index (χ1n) is 10.6. The van der Waals surface area contributed by atoms with Gasteiger partial charge in [0, 0.05) is 11.3 Å². The maximum Gasteiger partial charge on any atom is 0.257 e. The highest BCUT2D eigenvalue weighted by Gasteiger charge is 2.14. The molecule has 0 aliphatic heterocycles. The fourth-order valence-corrected chi connectivity index (χ4v) is 2.29. The Morgan fingerprint density at radius 2 is 1.00 bits per heavy atom. The predicted octanol–water partition coefficient (Wildman–Crippen LogP) is 7.27. The first-order valence-corrected chi connectivity index (χ1v) is 10.6. The van der Waals surface area contributed by atoms with Crippen LogP contribution in [0, 0.1) is 0 Å². The monoisotopic (exact) mass is 406 g/mol. The van der Waals surface area contributed by atoms with E-state index in [1.807, 2.05) is 77.9 Å². The molecule has 0 saturated carbocycles. The Hall–Kier alpha value is -3.40. The van der Waals surface area contributed by atoms with Gasteiger partial charge in [0.15, 0.2) is 0 Å². The van der Waals surface area contributed by atoms with Crippen molar-refractivity contribution in [1.82, 2.24) is 0 Å². The maximum absolute atomic E-state index is 12.5. The molecule has 30 heavy (non-hydrogen) atoms. The molecule has 3 aromatic rings. The molecule has 0 unspecified atom stereocenters. The maximum atomic E-state index is 12.5. The number of para-hydroxylation sites is 2. The Morgan fingerprint density at radius 3 is 1.57 bits per heavy atom. The van der Waals surface area contributed by atoms with Crippen molar-refractivity contribution in [2.45, 2.75) is 41.5 Å². The van der Waals surface area contributed by atoms with Crippen LogP contribution in [-0.2, 0) is 0 Å². The molecule has 0 heterocycles. The van der Waals surface area contributed by atoms with E-state index in [2.05, 4.69) is 10.6 Å². The fourth-order valence-electron chi connectivity index (χ4n) is 2.29. The molecule has 3 aromatic carbocycles. The van der Waals surface area contributed by atoms with Gasteiger partial charge in [-0.05, 0) is 36.4 Å². The van der Waals surface area contributed by atoms with Gasteiger partial charge in [0.05, 0.1) is 11.3 Å². The molecule has 0 radical (unpaired) electrons. The summed E-state index contributed by atoms with van der Waals surface area (Å²) in [6.45, 7) is 12.0. The smallest absolute Gasteiger partial charge is 0.257 e. The third-order valence-corrected chi connectivity index (χ3v) is 3.49. The molecular weight excluding hydrogens is 372 g/mol. The first kappa shape index (κ1) is 26.6. The molecule has 0 spiro atoms. The van der Waals surface area contributed by atoms with E-state index >= 15 is 0 Å². The van der Waals surface area contributed by atoms with E-state index in [4.69, 9.17) is 0 Å². The molecule has 3 rings (SSSR count). The molecule has 0 atom stereocenters. The van der Waals surface area contributed by atoms with Gasteiger partial charge in [-0.2, -0.15) is 0 Å². The summed E-state index contributed by atoms with van der Waals surface area (Å²) in [5, 5.41) is 5.62. The number of hydrogen-bond acceptors (Lipinski definition) is 2. The van der Waals surface area contributed by atoms with Crippen molar-refractivity contribution in [2.24, 2.45) is 0 Å². The Labute approximate surface area is 181 Å². The van der Waals surface area contributed by atoms with Gasteiger partial charge in [-0.25, -0.2) is 0 Å². The lowest BCUT2D eigenvalue weighted by atomic mass is 10.1. The lowest BCUT2D eigenvalue weighted by Crippen LogP contribution is -2.18. The standard InChI is InChI=1S/C20H16N2O2.3C2H6/c23-19(15-9-3-1-4-10-15)22-18-14-8-7-13-17(18)20(24)21-16-11-5-2-6-12-16;3*1-2/h1-14H,(H,21,24)(H,22,23);3*1-2H3. The summed E-state index contributed by atoms with van der Waals surface area (Å²) in [7, 11) is 0. The minimum Gasteiger partial charge on any atom is -0.322 e. The van der Waals surface area contributed by atoms with Crippen molar-refractivity contribution in [3.63, 3.8) is 0 Å². The molecule has 0 saturated heterocycles. The summed E-state index contributed by atoms with van der Waals surface area (Å²) in [4.78, 5) is 24.8. The van der Waals surface area contributed by atoms with E-state index in [-0.39, 0.29) is 11.8 Å². The van der Waals surface area contributed by atoms with Crippen LogP contribution in [0.1, 0.15) is 62.3 Å². The number of amides is 2. The van der Waals surface area contributed by atoms with Crippen LogP contribution in [0.15, 0.2) is 84.9 Å². The molecular formula is C26H34N2O2. The zero-order chi connectivity index (χ0) is 22.8. The topological polar surface area (TPSA) is 58.2 Å². The SMILES string of the molecule is CC.CC.CC.O=C(Nc1ccccc1C(=O)Nc1ccccc1)c1ccccc1. The van der Waals surface area contributed by atoms with Crippen LogP contribution in [0.2, 0.25) is 0 Å². The minimum absolute atomic E-state index is 0.254. The minimum atomic E-state index is -0.273. The van der Waals surface area contributed by atoms with Gasteiger partial charge in [-0.3, -0.25) is 9.59 Å². The van der Waals surface area contributed by atoms with Crippen LogP contribution in [0.25, 0.3) is 0 Å². The summed E-state index contributed by atoms with van der Waals surface area (Å²) in [5.41, 5.74) is 2.12. The first-order chi connectivity index (χ1) is 14.7. The van der Waals surface area contributed by atoms with Gasteiger partial charge in [0.1, 0.15) is 0 Å². The molecule has 4 heteroatoms. The van der Waals surface area contributed by atoms with Crippen molar-refractivity contribution >= 4 is 23.2 Å². The van der Waals surface area contributed by atoms with Crippen LogP contribution in [-0.4, -0.2) is 11.8 Å². The summed E-state index contributed by atoms with van der Waals surface area (Å²) in [6.07, 6.45) is 0. The molecule has 2 amide bonds. The van der Waals surface area contributed by atoms with E-state index in [1.165, 1.54) is 0 Å². The van der Waals surface area contributed by atoms with Crippen LogP contribution >= 0.6 is 0 Å².